The lowest BCUT2D eigenvalue weighted by Gasteiger charge is -2.01. The fourth-order valence-electron chi connectivity index (χ4n) is 1.49. The largest absolute Gasteiger partial charge is 0.464 e. The number of para-hydroxylation sites is 1. The van der Waals surface area contributed by atoms with Gasteiger partial charge in [0.1, 0.15) is 12.0 Å². The maximum absolute atomic E-state index is 12.0. The molecule has 4 heteroatoms. The summed E-state index contributed by atoms with van der Waals surface area (Å²) in [6.45, 7) is 1.91. The van der Waals surface area contributed by atoms with Gasteiger partial charge in [0.05, 0.1) is 10.3 Å². The van der Waals surface area contributed by atoms with Crippen molar-refractivity contribution in [2.75, 3.05) is 0 Å². The van der Waals surface area contributed by atoms with Gasteiger partial charge in [0.2, 0.25) is 9.84 Å². The number of aryl methyl sites for hydroxylation is 1. The second-order valence-corrected chi connectivity index (χ2v) is 5.89. The van der Waals surface area contributed by atoms with Crippen molar-refractivity contribution >= 4 is 9.84 Å². The summed E-state index contributed by atoms with van der Waals surface area (Å²) >= 11 is 0. The van der Waals surface area contributed by atoms with Crippen molar-refractivity contribution < 1.29 is 13.2 Å². The Labute approximate surface area is 113 Å². The van der Waals surface area contributed by atoms with Crippen LogP contribution in [0.2, 0.25) is 0 Å². The summed E-state index contributed by atoms with van der Waals surface area (Å²) in [6, 6.07) is 15.7. The average molecular weight is 274 g/mol. The first-order valence-corrected chi connectivity index (χ1v) is 7.32. The zero-order chi connectivity index (χ0) is 13.7. The maximum atomic E-state index is 12.0. The fraction of sp³-hybridized carbons (Fsp3) is 0.0667. The quantitative estimate of drug-likeness (QED) is 0.803. The van der Waals surface area contributed by atoms with Crippen molar-refractivity contribution in [1.82, 2.24) is 0 Å². The summed E-state index contributed by atoms with van der Waals surface area (Å²) in [6.07, 6.45) is 1.19. The van der Waals surface area contributed by atoms with Gasteiger partial charge in [0.25, 0.3) is 0 Å². The Morgan fingerprint density at radius 1 is 0.947 bits per heavy atom. The highest BCUT2D eigenvalue weighted by molar-refractivity contribution is 7.94. The first kappa shape index (κ1) is 13.4. The van der Waals surface area contributed by atoms with Crippen molar-refractivity contribution in [2.45, 2.75) is 11.8 Å². The monoisotopic (exact) mass is 274 g/mol. The Morgan fingerprint density at radius 2 is 1.58 bits per heavy atom. The van der Waals surface area contributed by atoms with Crippen LogP contribution in [0.15, 0.2) is 71.2 Å². The van der Waals surface area contributed by atoms with E-state index in [1.807, 2.05) is 25.1 Å². The van der Waals surface area contributed by atoms with E-state index in [0.717, 1.165) is 11.0 Å². The van der Waals surface area contributed by atoms with Gasteiger partial charge in [0, 0.05) is 0 Å². The summed E-state index contributed by atoms with van der Waals surface area (Å²) in [5, 5.41) is 1.06. The molecule has 0 aromatic heterocycles. The van der Waals surface area contributed by atoms with E-state index in [-0.39, 0.29) is 4.90 Å². The molecule has 0 N–H and O–H groups in total. The minimum atomic E-state index is -3.45. The molecule has 0 saturated heterocycles. The van der Waals surface area contributed by atoms with Crippen LogP contribution >= 0.6 is 0 Å². The molecule has 2 aromatic carbocycles. The van der Waals surface area contributed by atoms with Crippen molar-refractivity contribution in [2.24, 2.45) is 0 Å². The molecule has 0 heterocycles. The Hall–Kier alpha value is -2.07. The molecule has 98 valence electrons. The van der Waals surface area contributed by atoms with Crippen LogP contribution < -0.4 is 4.74 Å². The van der Waals surface area contributed by atoms with Gasteiger partial charge in [-0.3, -0.25) is 0 Å². The van der Waals surface area contributed by atoms with E-state index in [1.165, 1.54) is 6.26 Å². The predicted molar refractivity (Wildman–Crippen MR) is 74.6 cm³/mol. The molecule has 0 fully saturated rings. The molecule has 3 nitrogen and oxygen atoms in total. The first-order chi connectivity index (χ1) is 9.08. The fourth-order valence-corrected chi connectivity index (χ4v) is 2.36. The van der Waals surface area contributed by atoms with Crippen LogP contribution in [0.5, 0.6) is 5.75 Å². The van der Waals surface area contributed by atoms with E-state index in [1.54, 1.807) is 36.4 Å². The molecule has 0 saturated carbocycles. The van der Waals surface area contributed by atoms with Crippen LogP contribution in [0.25, 0.3) is 0 Å². The molecule has 2 rings (SSSR count). The van der Waals surface area contributed by atoms with Crippen LogP contribution in [-0.2, 0) is 9.84 Å². The molecule has 0 atom stereocenters. The molecule has 0 spiro atoms. The SMILES string of the molecule is Cc1ccc(S(=O)(=O)C=COc2ccccc2)cc1. The Bertz CT molecular complexity index is 656. The lowest BCUT2D eigenvalue weighted by molar-refractivity contribution is 0.481. The minimum Gasteiger partial charge on any atom is -0.464 e. The number of hydrogen-bond donors (Lipinski definition) is 0. The molecular weight excluding hydrogens is 260 g/mol. The van der Waals surface area contributed by atoms with Crippen LogP contribution in [0.3, 0.4) is 0 Å². The van der Waals surface area contributed by atoms with Crippen LogP contribution in [0.1, 0.15) is 5.56 Å². The smallest absolute Gasteiger partial charge is 0.202 e. The summed E-state index contributed by atoms with van der Waals surface area (Å²) < 4.78 is 29.2. The third-order valence-electron chi connectivity index (χ3n) is 2.53. The third kappa shape index (κ3) is 3.69. The van der Waals surface area contributed by atoms with Gasteiger partial charge in [-0.05, 0) is 31.2 Å². The van der Waals surface area contributed by atoms with Crippen molar-refractivity contribution in [3.05, 3.63) is 71.8 Å². The maximum Gasteiger partial charge on any atom is 0.202 e. The van der Waals surface area contributed by atoms with Crippen molar-refractivity contribution in [3.63, 3.8) is 0 Å². The van der Waals surface area contributed by atoms with Crippen molar-refractivity contribution in [1.29, 1.82) is 0 Å². The Kier molecular flexibility index (Phi) is 4.02. The average Bonchev–Trinajstić information content (AvgIpc) is 2.40. The topological polar surface area (TPSA) is 43.4 Å². The summed E-state index contributed by atoms with van der Waals surface area (Å²) in [7, 11) is -3.45. The zero-order valence-electron chi connectivity index (χ0n) is 10.5. The van der Waals surface area contributed by atoms with Gasteiger partial charge in [-0.25, -0.2) is 8.42 Å². The molecule has 19 heavy (non-hydrogen) atoms. The highest BCUT2D eigenvalue weighted by Gasteiger charge is 2.09. The summed E-state index contributed by atoms with van der Waals surface area (Å²) in [5.41, 5.74) is 1.02. The molecule has 0 radical (unpaired) electrons. The molecule has 0 aliphatic rings. The number of rotatable bonds is 4. The van der Waals surface area contributed by atoms with Crippen LogP contribution in [0, 0.1) is 6.92 Å². The lowest BCUT2D eigenvalue weighted by atomic mass is 10.2. The molecule has 0 bridgehead atoms. The molecule has 0 aliphatic heterocycles. The normalized spacial score (nSPS) is 11.6. The zero-order valence-corrected chi connectivity index (χ0v) is 11.3. The third-order valence-corrected chi connectivity index (χ3v) is 3.93. The molecule has 0 aliphatic carbocycles. The second kappa shape index (κ2) is 5.71. The summed E-state index contributed by atoms with van der Waals surface area (Å²) in [4.78, 5) is 0.256. The molecule has 0 amide bonds. The molecule has 0 unspecified atom stereocenters. The highest BCUT2D eigenvalue weighted by Crippen LogP contribution is 2.14. The number of benzene rings is 2. The van der Waals surface area contributed by atoms with Gasteiger partial charge < -0.3 is 4.74 Å². The van der Waals surface area contributed by atoms with Gasteiger partial charge >= 0.3 is 0 Å². The van der Waals surface area contributed by atoms with Crippen molar-refractivity contribution in [3.8, 4) is 5.75 Å². The van der Waals surface area contributed by atoms with Gasteiger partial charge in [-0.1, -0.05) is 35.9 Å². The standard InChI is InChI=1S/C15H14O3S/c1-13-7-9-15(10-8-13)19(16,17)12-11-18-14-5-3-2-4-6-14/h2-12H,1H3. The number of sulfone groups is 1. The van der Waals surface area contributed by atoms with E-state index in [4.69, 9.17) is 4.74 Å². The first-order valence-electron chi connectivity index (χ1n) is 5.78. The van der Waals surface area contributed by atoms with E-state index in [2.05, 4.69) is 0 Å². The summed E-state index contributed by atoms with van der Waals surface area (Å²) in [5.74, 6) is 0.595. The molecule has 2 aromatic rings. The second-order valence-electron chi connectivity index (χ2n) is 4.06. The van der Waals surface area contributed by atoms with Gasteiger partial charge in [0.15, 0.2) is 0 Å². The van der Waals surface area contributed by atoms with Crippen LogP contribution in [-0.4, -0.2) is 8.42 Å². The Balaban J connectivity index is 2.11. The predicted octanol–water partition coefficient (Wildman–Crippen LogP) is 3.32. The number of hydrogen-bond acceptors (Lipinski definition) is 3. The lowest BCUT2D eigenvalue weighted by Crippen LogP contribution is -1.97. The van der Waals surface area contributed by atoms with Gasteiger partial charge in [-0.2, -0.15) is 0 Å². The Morgan fingerprint density at radius 3 is 2.21 bits per heavy atom. The number of ether oxygens (including phenoxy) is 1. The van der Waals surface area contributed by atoms with E-state index in [0.29, 0.717) is 5.75 Å². The molecular formula is C15H14O3S. The van der Waals surface area contributed by atoms with E-state index >= 15 is 0 Å². The van der Waals surface area contributed by atoms with E-state index < -0.39 is 9.84 Å². The van der Waals surface area contributed by atoms with Crippen LogP contribution in [0.4, 0.5) is 0 Å². The highest BCUT2D eigenvalue weighted by atomic mass is 32.2. The van der Waals surface area contributed by atoms with E-state index in [9.17, 15) is 8.42 Å². The minimum absolute atomic E-state index is 0.256. The van der Waals surface area contributed by atoms with Gasteiger partial charge in [-0.15, -0.1) is 0 Å².